The van der Waals surface area contributed by atoms with Gasteiger partial charge >= 0.3 is 0 Å². The van der Waals surface area contributed by atoms with Crippen molar-refractivity contribution >= 4 is 150 Å². The molecule has 6 heterocycles. The van der Waals surface area contributed by atoms with Crippen LogP contribution < -0.4 is 0 Å². The van der Waals surface area contributed by atoms with Gasteiger partial charge in [0, 0.05) is 89.2 Å². The monoisotopic (exact) mass is 1550 g/mol. The first kappa shape index (κ1) is 68.6. The molecule has 1 aliphatic carbocycles. The predicted octanol–water partition coefficient (Wildman–Crippen LogP) is 30.5. The Hall–Kier alpha value is -14.8. The molecule has 0 fully saturated rings. The van der Waals surface area contributed by atoms with Crippen molar-refractivity contribution in [2.24, 2.45) is 0 Å². The third-order valence-electron chi connectivity index (χ3n) is 24.8. The first-order valence-corrected chi connectivity index (χ1v) is 42.3. The summed E-state index contributed by atoms with van der Waals surface area (Å²) >= 11 is 3.72. The maximum absolute atomic E-state index is 5.50. The highest BCUT2D eigenvalue weighted by Gasteiger charge is 2.36. The molecular weight excluding hydrogens is 1480 g/mol. The summed E-state index contributed by atoms with van der Waals surface area (Å²) in [5.41, 5.74) is 27.4. The molecule has 6 aromatic heterocycles. The molecule has 556 valence electrons. The van der Waals surface area contributed by atoms with Gasteiger partial charge in [0.2, 0.25) is 11.9 Å². The molecule has 25 rings (SSSR count). The first-order valence-electron chi connectivity index (χ1n) is 40.6. The van der Waals surface area contributed by atoms with E-state index in [1.54, 1.807) is 0 Å². The molecule has 8 heteroatoms. The van der Waals surface area contributed by atoms with Crippen LogP contribution in [0.5, 0.6) is 0 Å². The maximum Gasteiger partial charge on any atom is 0.235 e. The van der Waals surface area contributed by atoms with Crippen LogP contribution in [0.3, 0.4) is 0 Å². The molecule has 1 aliphatic rings. The fourth-order valence-corrected chi connectivity index (χ4v) is 21.2. The largest absolute Gasteiger partial charge is 0.278 e. The summed E-state index contributed by atoms with van der Waals surface area (Å²) in [6.45, 7) is 4.67. The first-order chi connectivity index (χ1) is 58.7. The van der Waals surface area contributed by atoms with Crippen LogP contribution in [0.15, 0.2) is 388 Å². The molecule has 0 amide bonds. The second kappa shape index (κ2) is 27.2. The summed E-state index contributed by atoms with van der Waals surface area (Å²) in [4.78, 5) is 21.4. The van der Waals surface area contributed by atoms with Crippen LogP contribution in [0, 0.1) is 0 Å². The van der Waals surface area contributed by atoms with Gasteiger partial charge in [0.1, 0.15) is 0 Å². The summed E-state index contributed by atoms with van der Waals surface area (Å²) < 4.78 is 9.83. The van der Waals surface area contributed by atoms with Crippen LogP contribution in [0.1, 0.15) is 25.0 Å². The van der Waals surface area contributed by atoms with Gasteiger partial charge in [0.05, 0.1) is 44.5 Å². The van der Waals surface area contributed by atoms with Gasteiger partial charge in [-0.25, -0.2) is 19.9 Å². The second-order valence-corrected chi connectivity index (χ2v) is 34.1. The van der Waals surface area contributed by atoms with Crippen molar-refractivity contribution in [1.29, 1.82) is 0 Å². The van der Waals surface area contributed by atoms with E-state index in [-0.39, 0.29) is 5.41 Å². The van der Waals surface area contributed by atoms with Crippen LogP contribution in [-0.4, -0.2) is 29.1 Å². The zero-order chi connectivity index (χ0) is 78.6. The van der Waals surface area contributed by atoms with Crippen LogP contribution in [-0.2, 0) is 5.41 Å². The van der Waals surface area contributed by atoms with Crippen molar-refractivity contribution in [3.63, 3.8) is 0 Å². The Morgan fingerprint density at radius 1 is 0.218 bits per heavy atom. The number of nitrogens with zero attached hydrogens (tertiary/aromatic N) is 6. The number of para-hydroxylation sites is 4. The molecule has 0 spiro atoms. The molecule has 0 aliphatic heterocycles. The minimum absolute atomic E-state index is 0.114. The standard InChI is InChI=1S/C57H37N3S.C54H33N3S/c1-57(2)47-15-7-3-11-40(47)41-28-25-39(33-48(41)57)55-43-13-4-8-16-49(43)58-56(59-55)60-50-17-9-5-14-44(50)54-45-31-37(24-23-36(45)26-29-51(54)60)34-19-21-35(22-20-34)38-27-30-53-46(32-38)42-12-6-10-18-52(42)61-53;1-2-11-34(12-3-1)38-13-10-14-41(31-38)53-43-16-4-7-18-47(43)55-54(56-53)57-48-19-8-5-17-44(48)52-45-32-39(26-25-37(45)27-29-49(52)57)35-21-23-36(24-22-35)40-28-30-51-46(33-40)42-15-6-9-20-50(42)58-51/h3-33H,1-2H3;1-33H. The summed E-state index contributed by atoms with van der Waals surface area (Å²) in [5, 5.41) is 17.0. The summed E-state index contributed by atoms with van der Waals surface area (Å²) in [6.07, 6.45) is 0. The van der Waals surface area contributed by atoms with E-state index in [0.717, 1.165) is 72.0 Å². The molecule has 18 aromatic carbocycles. The minimum Gasteiger partial charge on any atom is -0.278 e. The minimum atomic E-state index is -0.114. The van der Waals surface area contributed by atoms with Crippen molar-refractivity contribution in [2.75, 3.05) is 0 Å². The van der Waals surface area contributed by atoms with Crippen molar-refractivity contribution < 1.29 is 0 Å². The van der Waals surface area contributed by atoms with E-state index in [2.05, 4.69) is 411 Å². The molecular formula is C111H70N6S2. The molecule has 24 aromatic rings. The Balaban J connectivity index is 0.000000136. The van der Waals surface area contributed by atoms with Crippen LogP contribution in [0.4, 0.5) is 0 Å². The number of fused-ring (bicyclic) bond motifs is 21. The van der Waals surface area contributed by atoms with Gasteiger partial charge < -0.3 is 0 Å². The number of benzene rings is 18. The van der Waals surface area contributed by atoms with Gasteiger partial charge in [0.15, 0.2) is 0 Å². The molecule has 0 saturated carbocycles. The Bertz CT molecular complexity index is 8330. The Labute approximate surface area is 693 Å². The molecule has 0 N–H and O–H groups in total. The van der Waals surface area contributed by atoms with Gasteiger partial charge in [-0.15, -0.1) is 22.7 Å². The SMILES string of the molecule is CC1(C)c2ccccc2-c2ccc(-c3nc(-n4c5ccccc5c5c6cc(-c7ccc(-c8ccc9sc%10ccccc%10c9c8)cc7)ccc6ccc54)nc4ccccc34)cc21.c1ccc(-c2cccc(-c3nc(-n4c5ccccc5c5c6cc(-c7ccc(-c8ccc9sc%10ccccc%10c9c8)cc7)ccc6ccc54)nc4ccccc34)c2)cc1. The fourth-order valence-electron chi connectivity index (χ4n) is 19.0. The lowest BCUT2D eigenvalue weighted by Gasteiger charge is -2.22. The van der Waals surface area contributed by atoms with Crippen molar-refractivity contribution in [1.82, 2.24) is 29.1 Å². The van der Waals surface area contributed by atoms with Crippen LogP contribution in [0.25, 0.3) is 228 Å². The molecule has 0 unspecified atom stereocenters. The lowest BCUT2D eigenvalue weighted by Crippen LogP contribution is -2.15. The maximum atomic E-state index is 5.50. The molecule has 0 bridgehead atoms. The highest BCUT2D eigenvalue weighted by atomic mass is 32.1. The van der Waals surface area contributed by atoms with Crippen molar-refractivity contribution in [2.45, 2.75) is 19.3 Å². The quantitative estimate of drug-likeness (QED) is 0.144. The normalized spacial score (nSPS) is 12.5. The third kappa shape index (κ3) is 11.2. The van der Waals surface area contributed by atoms with Gasteiger partial charge in [0.25, 0.3) is 0 Å². The molecule has 0 radical (unpaired) electrons. The third-order valence-corrected chi connectivity index (χ3v) is 27.2. The average molecular weight is 1550 g/mol. The molecule has 119 heavy (non-hydrogen) atoms. The van der Waals surface area contributed by atoms with E-state index < -0.39 is 0 Å². The van der Waals surface area contributed by atoms with Crippen molar-refractivity contribution in [3.8, 4) is 101 Å². The number of rotatable bonds is 9. The summed E-state index contributed by atoms with van der Waals surface area (Å²) in [7, 11) is 0. The smallest absolute Gasteiger partial charge is 0.235 e. The Kier molecular flexibility index (Phi) is 15.7. The van der Waals surface area contributed by atoms with E-state index in [0.29, 0.717) is 11.9 Å². The van der Waals surface area contributed by atoms with E-state index in [4.69, 9.17) is 19.9 Å². The zero-order valence-electron chi connectivity index (χ0n) is 65.0. The number of thiophene rings is 2. The predicted molar refractivity (Wildman–Crippen MR) is 504 cm³/mol. The number of hydrogen-bond acceptors (Lipinski definition) is 6. The number of hydrogen-bond donors (Lipinski definition) is 0. The molecule has 0 atom stereocenters. The topological polar surface area (TPSA) is 61.4 Å². The van der Waals surface area contributed by atoms with Gasteiger partial charge in [-0.2, -0.15) is 0 Å². The lowest BCUT2D eigenvalue weighted by atomic mass is 9.82. The van der Waals surface area contributed by atoms with Gasteiger partial charge in [-0.3, -0.25) is 9.13 Å². The average Bonchev–Trinajstić information content (AvgIpc) is 1.58. The fraction of sp³-hybridized carbons (Fsp3) is 0.0270. The lowest BCUT2D eigenvalue weighted by molar-refractivity contribution is 0.660. The Morgan fingerprint density at radius 2 is 0.571 bits per heavy atom. The number of aromatic nitrogens is 6. The highest BCUT2D eigenvalue weighted by Crippen LogP contribution is 2.51. The summed E-state index contributed by atoms with van der Waals surface area (Å²) in [5.74, 6) is 1.33. The molecule has 0 saturated heterocycles. The van der Waals surface area contributed by atoms with Crippen molar-refractivity contribution in [3.05, 3.63) is 399 Å². The zero-order valence-corrected chi connectivity index (χ0v) is 66.6. The summed E-state index contributed by atoms with van der Waals surface area (Å²) in [6, 6.07) is 141. The Morgan fingerprint density at radius 3 is 1.09 bits per heavy atom. The van der Waals surface area contributed by atoms with E-state index >= 15 is 0 Å². The van der Waals surface area contributed by atoms with E-state index in [9.17, 15) is 0 Å². The highest BCUT2D eigenvalue weighted by molar-refractivity contribution is 7.26. The van der Waals surface area contributed by atoms with Gasteiger partial charge in [-0.1, -0.05) is 305 Å². The van der Waals surface area contributed by atoms with E-state index in [1.807, 2.05) is 22.7 Å². The van der Waals surface area contributed by atoms with Crippen LogP contribution in [0.2, 0.25) is 0 Å². The second-order valence-electron chi connectivity index (χ2n) is 31.9. The molecule has 6 nitrogen and oxygen atoms in total. The van der Waals surface area contributed by atoms with Gasteiger partial charge in [-0.05, 0) is 196 Å². The van der Waals surface area contributed by atoms with E-state index in [1.165, 1.54) is 156 Å². The van der Waals surface area contributed by atoms with Crippen LogP contribution >= 0.6 is 22.7 Å².